The highest BCUT2D eigenvalue weighted by Gasteiger charge is 2.20. The van der Waals surface area contributed by atoms with Crippen molar-refractivity contribution in [1.82, 2.24) is 4.90 Å². The van der Waals surface area contributed by atoms with Crippen LogP contribution in [-0.4, -0.2) is 35.0 Å². The van der Waals surface area contributed by atoms with E-state index in [4.69, 9.17) is 10.00 Å². The van der Waals surface area contributed by atoms with E-state index in [2.05, 4.69) is 0 Å². The predicted octanol–water partition coefficient (Wildman–Crippen LogP) is 2.26. The molecular formula is C14H24N2O3. The molecule has 0 fully saturated rings. The highest BCUT2D eigenvalue weighted by Crippen LogP contribution is 2.11. The zero-order chi connectivity index (χ0) is 15.1. The Labute approximate surface area is 115 Å². The van der Waals surface area contributed by atoms with E-state index < -0.39 is 5.60 Å². The third kappa shape index (κ3) is 8.20. The highest BCUT2D eigenvalue weighted by atomic mass is 16.6. The lowest BCUT2D eigenvalue weighted by atomic mass is 10.2. The van der Waals surface area contributed by atoms with Crippen molar-refractivity contribution in [3.05, 3.63) is 0 Å². The number of carbonyl (C=O) groups is 2. The summed E-state index contributed by atoms with van der Waals surface area (Å²) in [5.74, 6) is -0.485. The van der Waals surface area contributed by atoms with Crippen molar-refractivity contribution in [3.8, 4) is 6.07 Å². The third-order valence-electron chi connectivity index (χ3n) is 2.37. The standard InChI is InChI=1S/C14H24N2O3/c1-11(2)16(10-6-9-15)12(17)7-8-13(18)19-14(3,4)5/h11H,6-8,10H2,1-5H3. The van der Waals surface area contributed by atoms with Crippen LogP contribution in [-0.2, 0) is 14.3 Å². The first kappa shape index (κ1) is 17.4. The molecule has 0 radical (unpaired) electrons. The van der Waals surface area contributed by atoms with Gasteiger partial charge in [0, 0.05) is 19.0 Å². The molecule has 0 aromatic rings. The molecule has 0 aliphatic heterocycles. The quantitative estimate of drug-likeness (QED) is 0.693. The largest absolute Gasteiger partial charge is 0.460 e. The number of carbonyl (C=O) groups excluding carboxylic acids is 2. The number of nitriles is 1. The van der Waals surface area contributed by atoms with Gasteiger partial charge in [-0.15, -0.1) is 0 Å². The van der Waals surface area contributed by atoms with Gasteiger partial charge in [-0.3, -0.25) is 9.59 Å². The molecule has 0 aliphatic rings. The van der Waals surface area contributed by atoms with Gasteiger partial charge >= 0.3 is 5.97 Å². The molecule has 0 heterocycles. The summed E-state index contributed by atoms with van der Waals surface area (Å²) in [5, 5.41) is 8.56. The minimum Gasteiger partial charge on any atom is -0.460 e. The zero-order valence-corrected chi connectivity index (χ0v) is 12.5. The minimum atomic E-state index is -0.529. The second-order valence-corrected chi connectivity index (χ2v) is 5.68. The molecular weight excluding hydrogens is 244 g/mol. The number of amides is 1. The van der Waals surface area contributed by atoms with Crippen LogP contribution in [0.3, 0.4) is 0 Å². The average molecular weight is 268 g/mol. The Morgan fingerprint density at radius 3 is 2.26 bits per heavy atom. The van der Waals surface area contributed by atoms with Gasteiger partial charge in [0.15, 0.2) is 0 Å². The van der Waals surface area contributed by atoms with Gasteiger partial charge in [0.05, 0.1) is 18.9 Å². The Morgan fingerprint density at radius 2 is 1.84 bits per heavy atom. The van der Waals surface area contributed by atoms with Crippen LogP contribution < -0.4 is 0 Å². The monoisotopic (exact) mass is 268 g/mol. The Bertz CT molecular complexity index is 351. The van der Waals surface area contributed by atoms with Crippen LogP contribution in [0.4, 0.5) is 0 Å². The lowest BCUT2D eigenvalue weighted by Crippen LogP contribution is -2.38. The third-order valence-corrected chi connectivity index (χ3v) is 2.37. The summed E-state index contributed by atoms with van der Waals surface area (Å²) < 4.78 is 5.15. The van der Waals surface area contributed by atoms with Gasteiger partial charge in [0.1, 0.15) is 5.60 Å². The zero-order valence-electron chi connectivity index (χ0n) is 12.5. The SMILES string of the molecule is CC(C)N(CCC#N)C(=O)CCC(=O)OC(C)(C)C. The fraction of sp³-hybridized carbons (Fsp3) is 0.786. The smallest absolute Gasteiger partial charge is 0.306 e. The molecule has 0 aliphatic carbocycles. The topological polar surface area (TPSA) is 70.4 Å². The van der Waals surface area contributed by atoms with Crippen LogP contribution in [0.15, 0.2) is 0 Å². The number of rotatable bonds is 6. The molecule has 19 heavy (non-hydrogen) atoms. The van der Waals surface area contributed by atoms with Crippen molar-refractivity contribution in [2.24, 2.45) is 0 Å². The maximum absolute atomic E-state index is 12.0. The van der Waals surface area contributed by atoms with Crippen molar-refractivity contribution in [2.75, 3.05) is 6.54 Å². The molecule has 0 bridgehead atoms. The van der Waals surface area contributed by atoms with Crippen molar-refractivity contribution in [3.63, 3.8) is 0 Å². The van der Waals surface area contributed by atoms with E-state index >= 15 is 0 Å². The van der Waals surface area contributed by atoms with Crippen molar-refractivity contribution in [1.29, 1.82) is 5.26 Å². The Balaban J connectivity index is 4.27. The second kappa shape index (κ2) is 7.78. The molecule has 0 spiro atoms. The maximum Gasteiger partial charge on any atom is 0.306 e. The van der Waals surface area contributed by atoms with E-state index in [-0.39, 0.29) is 30.8 Å². The molecule has 0 aromatic heterocycles. The second-order valence-electron chi connectivity index (χ2n) is 5.68. The van der Waals surface area contributed by atoms with E-state index in [1.807, 2.05) is 19.9 Å². The van der Waals surface area contributed by atoms with E-state index in [9.17, 15) is 9.59 Å². The van der Waals surface area contributed by atoms with Crippen LogP contribution in [0.5, 0.6) is 0 Å². The average Bonchev–Trinajstić information content (AvgIpc) is 2.24. The Hall–Kier alpha value is -1.57. The lowest BCUT2D eigenvalue weighted by molar-refractivity contribution is -0.156. The van der Waals surface area contributed by atoms with Crippen molar-refractivity contribution >= 4 is 11.9 Å². The minimum absolute atomic E-state index is 0.0273. The first-order valence-corrected chi connectivity index (χ1v) is 6.55. The summed E-state index contributed by atoms with van der Waals surface area (Å²) in [6.07, 6.45) is 0.501. The molecule has 1 amide bonds. The number of ether oxygens (including phenoxy) is 1. The van der Waals surface area contributed by atoms with E-state index in [1.165, 1.54) is 0 Å². The molecule has 108 valence electrons. The summed E-state index contributed by atoms with van der Waals surface area (Å²) >= 11 is 0. The van der Waals surface area contributed by atoms with Gasteiger partial charge in [-0.25, -0.2) is 0 Å². The van der Waals surface area contributed by atoms with Gasteiger partial charge in [-0.1, -0.05) is 0 Å². The fourth-order valence-electron chi connectivity index (χ4n) is 1.59. The van der Waals surface area contributed by atoms with Crippen LogP contribution in [0, 0.1) is 11.3 Å². The molecule has 0 saturated carbocycles. The summed E-state index contributed by atoms with van der Waals surface area (Å²) in [4.78, 5) is 25.1. The fourth-order valence-corrected chi connectivity index (χ4v) is 1.59. The first-order valence-electron chi connectivity index (χ1n) is 6.55. The van der Waals surface area contributed by atoms with Crippen molar-refractivity contribution < 1.29 is 14.3 Å². The molecule has 0 N–H and O–H groups in total. The van der Waals surface area contributed by atoms with Crippen LogP contribution in [0.1, 0.15) is 53.9 Å². The molecule has 0 rings (SSSR count). The molecule has 0 unspecified atom stereocenters. The molecule has 5 heteroatoms. The van der Waals surface area contributed by atoms with Gasteiger partial charge < -0.3 is 9.64 Å². The predicted molar refractivity (Wildman–Crippen MR) is 72.2 cm³/mol. The number of hydrogen-bond donors (Lipinski definition) is 0. The van der Waals surface area contributed by atoms with Gasteiger partial charge in [-0.2, -0.15) is 5.26 Å². The summed E-state index contributed by atoms with van der Waals surface area (Å²) in [5.41, 5.74) is -0.529. The van der Waals surface area contributed by atoms with Crippen molar-refractivity contribution in [2.45, 2.75) is 65.5 Å². The number of esters is 1. The van der Waals surface area contributed by atoms with Crippen LogP contribution >= 0.6 is 0 Å². The first-order chi connectivity index (χ1) is 8.67. The molecule has 0 atom stereocenters. The maximum atomic E-state index is 12.0. The Kier molecular flexibility index (Phi) is 7.13. The van der Waals surface area contributed by atoms with Gasteiger partial charge in [0.2, 0.25) is 5.91 Å². The number of nitrogens with zero attached hydrogens (tertiary/aromatic N) is 2. The normalized spacial score (nSPS) is 11.0. The van der Waals surface area contributed by atoms with E-state index in [0.29, 0.717) is 13.0 Å². The van der Waals surface area contributed by atoms with Gasteiger partial charge in [0.25, 0.3) is 0 Å². The lowest BCUT2D eigenvalue weighted by Gasteiger charge is -2.26. The number of hydrogen-bond acceptors (Lipinski definition) is 4. The van der Waals surface area contributed by atoms with E-state index in [0.717, 1.165) is 0 Å². The molecule has 5 nitrogen and oxygen atoms in total. The summed E-state index contributed by atoms with van der Waals surface area (Å²) in [6, 6.07) is 2.05. The molecule has 0 saturated heterocycles. The van der Waals surface area contributed by atoms with Crippen LogP contribution in [0.2, 0.25) is 0 Å². The van der Waals surface area contributed by atoms with Crippen LogP contribution in [0.25, 0.3) is 0 Å². The highest BCUT2D eigenvalue weighted by molar-refractivity contribution is 5.81. The van der Waals surface area contributed by atoms with E-state index in [1.54, 1.807) is 25.7 Å². The Morgan fingerprint density at radius 1 is 1.26 bits per heavy atom. The molecule has 0 aromatic carbocycles. The van der Waals surface area contributed by atoms with Gasteiger partial charge in [-0.05, 0) is 34.6 Å². The summed E-state index contributed by atoms with van der Waals surface area (Å²) in [7, 11) is 0. The summed E-state index contributed by atoms with van der Waals surface area (Å²) in [6.45, 7) is 9.56.